The Bertz CT molecular complexity index is 692. The highest BCUT2D eigenvalue weighted by molar-refractivity contribution is 5.91. The molecular formula is C17H18N2O4. The molecule has 0 radical (unpaired) electrons. The van der Waals surface area contributed by atoms with Crippen LogP contribution in [0.25, 0.3) is 0 Å². The number of nitrogens with zero attached hydrogens (tertiary/aromatic N) is 1. The Labute approximate surface area is 133 Å². The van der Waals surface area contributed by atoms with Gasteiger partial charge in [-0.1, -0.05) is 35.5 Å². The van der Waals surface area contributed by atoms with Crippen molar-refractivity contribution in [1.29, 1.82) is 0 Å². The number of aromatic nitrogens is 1. The van der Waals surface area contributed by atoms with E-state index < -0.39 is 5.97 Å². The lowest BCUT2D eigenvalue weighted by Gasteiger charge is -2.17. The number of carbonyl (C=O) groups excluding carboxylic acids is 1. The SMILES string of the molecule is O=C(O)CCC(NC(=O)c1cc(C2CC2)no1)c1ccccc1. The van der Waals surface area contributed by atoms with Crippen molar-refractivity contribution in [1.82, 2.24) is 10.5 Å². The van der Waals surface area contributed by atoms with E-state index in [1.54, 1.807) is 6.07 Å². The molecule has 2 aromatic rings. The Balaban J connectivity index is 1.70. The van der Waals surface area contributed by atoms with E-state index >= 15 is 0 Å². The minimum absolute atomic E-state index is 0.0242. The Morgan fingerprint density at radius 1 is 1.30 bits per heavy atom. The van der Waals surface area contributed by atoms with Crippen LogP contribution in [0.4, 0.5) is 0 Å². The quantitative estimate of drug-likeness (QED) is 0.819. The predicted molar refractivity (Wildman–Crippen MR) is 82.0 cm³/mol. The molecular weight excluding hydrogens is 296 g/mol. The molecule has 1 amide bonds. The molecule has 1 heterocycles. The first-order chi connectivity index (χ1) is 11.1. The topological polar surface area (TPSA) is 92.4 Å². The van der Waals surface area contributed by atoms with Crippen molar-refractivity contribution >= 4 is 11.9 Å². The van der Waals surface area contributed by atoms with Gasteiger partial charge in [-0.2, -0.15) is 0 Å². The average molecular weight is 314 g/mol. The maximum atomic E-state index is 12.3. The number of hydrogen-bond donors (Lipinski definition) is 2. The molecule has 120 valence electrons. The Morgan fingerprint density at radius 2 is 2.04 bits per heavy atom. The van der Waals surface area contributed by atoms with Gasteiger partial charge in [-0.3, -0.25) is 9.59 Å². The highest BCUT2D eigenvalue weighted by Gasteiger charge is 2.28. The van der Waals surface area contributed by atoms with E-state index in [-0.39, 0.29) is 24.1 Å². The predicted octanol–water partition coefficient (Wildman–Crippen LogP) is 2.89. The van der Waals surface area contributed by atoms with Crippen molar-refractivity contribution in [2.24, 2.45) is 0 Å². The number of hydrogen-bond acceptors (Lipinski definition) is 4. The first kappa shape index (κ1) is 15.3. The van der Waals surface area contributed by atoms with Crippen LogP contribution < -0.4 is 5.32 Å². The zero-order valence-corrected chi connectivity index (χ0v) is 12.6. The number of carboxylic acids is 1. The second-order valence-electron chi connectivity index (χ2n) is 5.76. The van der Waals surface area contributed by atoms with Gasteiger partial charge in [0.2, 0.25) is 5.76 Å². The van der Waals surface area contributed by atoms with Gasteiger partial charge in [0.05, 0.1) is 11.7 Å². The lowest BCUT2D eigenvalue weighted by molar-refractivity contribution is -0.137. The first-order valence-electron chi connectivity index (χ1n) is 7.67. The number of carbonyl (C=O) groups is 2. The van der Waals surface area contributed by atoms with Gasteiger partial charge in [0, 0.05) is 18.4 Å². The summed E-state index contributed by atoms with van der Waals surface area (Å²) < 4.78 is 5.11. The summed E-state index contributed by atoms with van der Waals surface area (Å²) in [5.41, 5.74) is 1.68. The fourth-order valence-corrected chi connectivity index (χ4v) is 2.47. The normalized spacial score (nSPS) is 15.1. The molecule has 3 rings (SSSR count). The number of amides is 1. The summed E-state index contributed by atoms with van der Waals surface area (Å²) in [6, 6.07) is 10.6. The molecule has 1 unspecified atom stereocenters. The van der Waals surface area contributed by atoms with E-state index in [4.69, 9.17) is 9.63 Å². The van der Waals surface area contributed by atoms with Crippen LogP contribution in [0.3, 0.4) is 0 Å². The summed E-state index contributed by atoms with van der Waals surface area (Å²) in [5, 5.41) is 15.7. The summed E-state index contributed by atoms with van der Waals surface area (Å²) in [6.45, 7) is 0. The fraction of sp³-hybridized carbons (Fsp3) is 0.353. The smallest absolute Gasteiger partial charge is 0.303 e. The standard InChI is InChI=1S/C17H18N2O4/c20-16(21)9-8-13(11-4-2-1-3-5-11)18-17(22)15-10-14(19-23-15)12-6-7-12/h1-5,10,12-13H,6-9H2,(H,18,22)(H,20,21). The van der Waals surface area contributed by atoms with Crippen molar-refractivity contribution in [3.63, 3.8) is 0 Å². The molecule has 2 N–H and O–H groups in total. The molecule has 0 spiro atoms. The van der Waals surface area contributed by atoms with Gasteiger partial charge in [0.15, 0.2) is 0 Å². The van der Waals surface area contributed by atoms with Crippen LogP contribution in [-0.4, -0.2) is 22.1 Å². The van der Waals surface area contributed by atoms with E-state index in [1.165, 1.54) is 0 Å². The summed E-state index contributed by atoms with van der Waals surface area (Å²) in [6.07, 6.45) is 2.45. The molecule has 0 aliphatic heterocycles. The van der Waals surface area contributed by atoms with Crippen molar-refractivity contribution < 1.29 is 19.2 Å². The Kier molecular flexibility index (Phi) is 4.41. The van der Waals surface area contributed by atoms with Gasteiger partial charge in [0.25, 0.3) is 5.91 Å². The largest absolute Gasteiger partial charge is 0.481 e. The maximum Gasteiger partial charge on any atom is 0.303 e. The van der Waals surface area contributed by atoms with Crippen LogP contribution in [0, 0.1) is 0 Å². The molecule has 0 saturated heterocycles. The number of nitrogens with one attached hydrogen (secondary N) is 1. The Hall–Kier alpha value is -2.63. The number of aliphatic carboxylic acids is 1. The summed E-state index contributed by atoms with van der Waals surface area (Å²) in [7, 11) is 0. The molecule has 23 heavy (non-hydrogen) atoms. The second-order valence-corrected chi connectivity index (χ2v) is 5.76. The molecule has 1 fully saturated rings. The molecule has 1 aliphatic carbocycles. The molecule has 1 aromatic carbocycles. The summed E-state index contributed by atoms with van der Waals surface area (Å²) in [5.74, 6) is -0.681. The molecule has 6 heteroatoms. The third-order valence-corrected chi connectivity index (χ3v) is 3.90. The fourth-order valence-electron chi connectivity index (χ4n) is 2.47. The first-order valence-corrected chi connectivity index (χ1v) is 7.67. The number of benzene rings is 1. The van der Waals surface area contributed by atoms with Crippen LogP contribution in [0.2, 0.25) is 0 Å². The number of carboxylic acid groups (broad SMARTS) is 1. The van der Waals surface area contributed by atoms with Gasteiger partial charge in [0.1, 0.15) is 0 Å². The third kappa shape index (κ3) is 3.97. The maximum absolute atomic E-state index is 12.3. The van der Waals surface area contributed by atoms with Crippen molar-refractivity contribution in [3.8, 4) is 0 Å². The van der Waals surface area contributed by atoms with Crippen LogP contribution in [0.15, 0.2) is 40.9 Å². The molecule has 6 nitrogen and oxygen atoms in total. The van der Waals surface area contributed by atoms with E-state index in [2.05, 4.69) is 10.5 Å². The minimum Gasteiger partial charge on any atom is -0.481 e. The van der Waals surface area contributed by atoms with Crippen molar-refractivity contribution in [2.45, 2.75) is 37.6 Å². The minimum atomic E-state index is -0.893. The highest BCUT2D eigenvalue weighted by atomic mass is 16.5. The Morgan fingerprint density at radius 3 is 2.70 bits per heavy atom. The van der Waals surface area contributed by atoms with Crippen LogP contribution in [-0.2, 0) is 4.79 Å². The lowest BCUT2D eigenvalue weighted by atomic mass is 10.0. The zero-order chi connectivity index (χ0) is 16.2. The van der Waals surface area contributed by atoms with Gasteiger partial charge in [-0.25, -0.2) is 0 Å². The average Bonchev–Trinajstić information content (AvgIpc) is 3.29. The van der Waals surface area contributed by atoms with E-state index in [0.29, 0.717) is 12.3 Å². The van der Waals surface area contributed by atoms with Crippen molar-refractivity contribution in [2.75, 3.05) is 0 Å². The van der Waals surface area contributed by atoms with Crippen LogP contribution in [0.1, 0.15) is 59.5 Å². The number of rotatable bonds is 7. The molecule has 1 aliphatic rings. The van der Waals surface area contributed by atoms with Gasteiger partial charge < -0.3 is 14.9 Å². The molecule has 1 saturated carbocycles. The van der Waals surface area contributed by atoms with Crippen LogP contribution in [0.5, 0.6) is 0 Å². The van der Waals surface area contributed by atoms with E-state index in [0.717, 1.165) is 24.1 Å². The molecule has 0 bridgehead atoms. The second kappa shape index (κ2) is 6.64. The highest BCUT2D eigenvalue weighted by Crippen LogP contribution is 2.39. The molecule has 1 aromatic heterocycles. The summed E-state index contributed by atoms with van der Waals surface area (Å²) >= 11 is 0. The zero-order valence-electron chi connectivity index (χ0n) is 12.6. The van der Waals surface area contributed by atoms with Crippen molar-refractivity contribution in [3.05, 3.63) is 53.4 Å². The lowest BCUT2D eigenvalue weighted by Crippen LogP contribution is -2.28. The monoisotopic (exact) mass is 314 g/mol. The summed E-state index contributed by atoms with van der Waals surface area (Å²) in [4.78, 5) is 23.2. The third-order valence-electron chi connectivity index (χ3n) is 3.90. The van der Waals surface area contributed by atoms with Gasteiger partial charge >= 0.3 is 5.97 Å². The van der Waals surface area contributed by atoms with Crippen LogP contribution >= 0.6 is 0 Å². The van der Waals surface area contributed by atoms with Gasteiger partial charge in [-0.15, -0.1) is 0 Å². The molecule has 1 atom stereocenters. The van der Waals surface area contributed by atoms with Gasteiger partial charge in [-0.05, 0) is 24.8 Å². The van der Waals surface area contributed by atoms with E-state index in [9.17, 15) is 9.59 Å². The van der Waals surface area contributed by atoms with E-state index in [1.807, 2.05) is 30.3 Å².